The van der Waals surface area contributed by atoms with Crippen molar-refractivity contribution >= 4 is 5.91 Å². The van der Waals surface area contributed by atoms with Crippen LogP contribution in [0.2, 0.25) is 0 Å². The number of aliphatic hydroxyl groups excluding tert-OH is 1. The summed E-state index contributed by atoms with van der Waals surface area (Å²) in [5, 5.41) is 12.9. The fraction of sp³-hybridized carbons (Fsp3) is 0.412. The van der Waals surface area contributed by atoms with E-state index in [-0.39, 0.29) is 12.5 Å². The minimum Gasteiger partial charge on any atom is -0.489 e. The summed E-state index contributed by atoms with van der Waals surface area (Å²) >= 11 is 0. The summed E-state index contributed by atoms with van der Waals surface area (Å²) in [6, 6.07) is 6.98. The highest BCUT2D eigenvalue weighted by Crippen LogP contribution is 2.18. The third-order valence-corrected chi connectivity index (χ3v) is 3.70. The third kappa shape index (κ3) is 4.10. The molecule has 0 saturated heterocycles. The van der Waals surface area contributed by atoms with Crippen molar-refractivity contribution in [2.24, 2.45) is 0 Å². The van der Waals surface area contributed by atoms with Crippen LogP contribution in [0, 0.1) is 13.8 Å². The highest BCUT2D eigenvalue weighted by molar-refractivity contribution is 5.94. The number of rotatable bonds is 7. The van der Waals surface area contributed by atoms with Crippen LogP contribution >= 0.6 is 0 Å². The Morgan fingerprint density at radius 1 is 1.30 bits per heavy atom. The Balaban J connectivity index is 2.00. The van der Waals surface area contributed by atoms with E-state index in [1.165, 1.54) is 0 Å². The maximum atomic E-state index is 12.3. The molecule has 0 aliphatic rings. The zero-order valence-electron chi connectivity index (χ0n) is 13.7. The predicted octanol–water partition coefficient (Wildman–Crippen LogP) is 2.32. The number of aliphatic hydroxyl groups is 1. The number of likely N-dealkylation sites (N-methyl/N-ethyl adjacent to an activating group) is 1. The molecule has 0 aliphatic carbocycles. The van der Waals surface area contributed by atoms with E-state index in [1.54, 1.807) is 29.2 Å². The summed E-state index contributed by atoms with van der Waals surface area (Å²) in [4.78, 5) is 13.9. The Hall–Kier alpha value is -2.34. The molecule has 1 heterocycles. The number of amides is 1. The smallest absolute Gasteiger partial charge is 0.253 e. The van der Waals surface area contributed by atoms with Crippen molar-refractivity contribution in [1.82, 2.24) is 10.1 Å². The minimum absolute atomic E-state index is 0.0434. The first kappa shape index (κ1) is 17.0. The van der Waals surface area contributed by atoms with Crippen molar-refractivity contribution in [3.05, 3.63) is 46.8 Å². The Morgan fingerprint density at radius 2 is 2.00 bits per heavy atom. The van der Waals surface area contributed by atoms with Gasteiger partial charge in [-0.25, -0.2) is 0 Å². The molecule has 0 fully saturated rings. The van der Waals surface area contributed by atoms with Gasteiger partial charge in [-0.2, -0.15) is 0 Å². The van der Waals surface area contributed by atoms with Gasteiger partial charge in [0.1, 0.15) is 18.1 Å². The van der Waals surface area contributed by atoms with Crippen LogP contribution in [-0.2, 0) is 6.61 Å². The molecule has 1 N–H and O–H groups in total. The Morgan fingerprint density at radius 3 is 2.52 bits per heavy atom. The van der Waals surface area contributed by atoms with Crippen molar-refractivity contribution in [2.45, 2.75) is 27.4 Å². The minimum atomic E-state index is -0.0983. The summed E-state index contributed by atoms with van der Waals surface area (Å²) in [5.41, 5.74) is 2.33. The lowest BCUT2D eigenvalue weighted by Gasteiger charge is -2.19. The van der Waals surface area contributed by atoms with Crippen LogP contribution < -0.4 is 4.74 Å². The molecule has 0 spiro atoms. The summed E-state index contributed by atoms with van der Waals surface area (Å²) in [6.45, 7) is 6.83. The molecule has 2 aromatic rings. The van der Waals surface area contributed by atoms with Crippen LogP contribution in [0.1, 0.15) is 34.3 Å². The Labute approximate surface area is 135 Å². The molecule has 6 nitrogen and oxygen atoms in total. The van der Waals surface area contributed by atoms with Gasteiger partial charge in [0.15, 0.2) is 0 Å². The van der Waals surface area contributed by atoms with Gasteiger partial charge in [0.25, 0.3) is 5.91 Å². The molecule has 124 valence electrons. The zero-order valence-corrected chi connectivity index (χ0v) is 13.7. The first-order valence-corrected chi connectivity index (χ1v) is 7.61. The van der Waals surface area contributed by atoms with Crippen molar-refractivity contribution < 1.29 is 19.2 Å². The van der Waals surface area contributed by atoms with E-state index >= 15 is 0 Å². The maximum absolute atomic E-state index is 12.3. The number of benzene rings is 1. The van der Waals surface area contributed by atoms with E-state index in [4.69, 9.17) is 14.4 Å². The number of aryl methyl sites for hydroxylation is 2. The summed E-state index contributed by atoms with van der Waals surface area (Å²) in [7, 11) is 0. The molecular formula is C17H22N2O4. The second-order valence-electron chi connectivity index (χ2n) is 5.22. The molecule has 1 aromatic heterocycles. The van der Waals surface area contributed by atoms with Gasteiger partial charge in [-0.05, 0) is 45.0 Å². The van der Waals surface area contributed by atoms with Crippen molar-refractivity contribution in [3.8, 4) is 5.75 Å². The number of carbonyl (C=O) groups excluding carboxylic acids is 1. The molecule has 1 aromatic carbocycles. The topological polar surface area (TPSA) is 75.8 Å². The van der Waals surface area contributed by atoms with Gasteiger partial charge in [0.05, 0.1) is 17.9 Å². The molecule has 1 amide bonds. The van der Waals surface area contributed by atoms with Crippen LogP contribution in [0.15, 0.2) is 28.8 Å². The number of carbonyl (C=O) groups is 1. The summed E-state index contributed by atoms with van der Waals surface area (Å²) in [6.07, 6.45) is 0. The fourth-order valence-corrected chi connectivity index (χ4v) is 2.26. The lowest BCUT2D eigenvalue weighted by molar-refractivity contribution is 0.0732. The monoisotopic (exact) mass is 318 g/mol. The van der Waals surface area contributed by atoms with E-state index in [1.807, 2.05) is 20.8 Å². The largest absolute Gasteiger partial charge is 0.489 e. The van der Waals surface area contributed by atoms with Gasteiger partial charge in [-0.1, -0.05) is 5.16 Å². The predicted molar refractivity (Wildman–Crippen MR) is 85.4 cm³/mol. The lowest BCUT2D eigenvalue weighted by atomic mass is 10.2. The fourth-order valence-electron chi connectivity index (χ4n) is 2.26. The van der Waals surface area contributed by atoms with E-state index in [2.05, 4.69) is 5.16 Å². The Kier molecular flexibility index (Phi) is 5.76. The van der Waals surface area contributed by atoms with E-state index < -0.39 is 0 Å². The zero-order chi connectivity index (χ0) is 16.8. The number of hydrogen-bond acceptors (Lipinski definition) is 5. The van der Waals surface area contributed by atoms with Crippen LogP contribution in [0.25, 0.3) is 0 Å². The van der Waals surface area contributed by atoms with Crippen molar-refractivity contribution in [2.75, 3.05) is 19.7 Å². The van der Waals surface area contributed by atoms with Gasteiger partial charge in [-0.3, -0.25) is 4.79 Å². The van der Waals surface area contributed by atoms with Gasteiger partial charge >= 0.3 is 0 Å². The molecule has 0 radical (unpaired) electrons. The normalized spacial score (nSPS) is 10.6. The van der Waals surface area contributed by atoms with E-state index in [9.17, 15) is 4.79 Å². The highest BCUT2D eigenvalue weighted by Gasteiger charge is 2.14. The second-order valence-corrected chi connectivity index (χ2v) is 5.22. The van der Waals surface area contributed by atoms with Gasteiger partial charge in [-0.15, -0.1) is 0 Å². The second kappa shape index (κ2) is 7.78. The average molecular weight is 318 g/mol. The third-order valence-electron chi connectivity index (χ3n) is 3.70. The molecule has 2 rings (SSSR count). The molecular weight excluding hydrogens is 296 g/mol. The van der Waals surface area contributed by atoms with Crippen LogP contribution in [0.3, 0.4) is 0 Å². The summed E-state index contributed by atoms with van der Waals surface area (Å²) in [5.74, 6) is 1.32. The molecule has 0 aliphatic heterocycles. The molecule has 6 heteroatoms. The van der Waals surface area contributed by atoms with Crippen LogP contribution in [0.4, 0.5) is 0 Å². The number of aromatic nitrogens is 1. The number of hydrogen-bond donors (Lipinski definition) is 1. The standard InChI is InChI=1S/C17H22N2O4/c1-4-19(9-10-20)17(21)14-5-7-15(8-6-14)22-11-16-12(2)18-23-13(16)3/h5-8,20H,4,9-11H2,1-3H3. The maximum Gasteiger partial charge on any atom is 0.253 e. The van der Waals surface area contributed by atoms with E-state index in [0.29, 0.717) is 31.0 Å². The van der Waals surface area contributed by atoms with Gasteiger partial charge < -0.3 is 19.3 Å². The van der Waals surface area contributed by atoms with E-state index in [0.717, 1.165) is 17.0 Å². The number of ether oxygens (including phenoxy) is 1. The number of nitrogens with zero attached hydrogens (tertiary/aromatic N) is 2. The average Bonchev–Trinajstić information content (AvgIpc) is 2.89. The molecule has 0 bridgehead atoms. The molecule has 0 saturated carbocycles. The van der Waals surface area contributed by atoms with Crippen molar-refractivity contribution in [1.29, 1.82) is 0 Å². The molecule has 0 unspecified atom stereocenters. The van der Waals surface area contributed by atoms with Crippen molar-refractivity contribution in [3.63, 3.8) is 0 Å². The Bertz CT molecular complexity index is 630. The van der Waals surface area contributed by atoms with Crippen LogP contribution in [-0.4, -0.2) is 40.8 Å². The molecule has 0 atom stereocenters. The lowest BCUT2D eigenvalue weighted by Crippen LogP contribution is -2.33. The highest BCUT2D eigenvalue weighted by atomic mass is 16.5. The SMILES string of the molecule is CCN(CCO)C(=O)c1ccc(OCc2c(C)noc2C)cc1. The van der Waals surface area contributed by atoms with Gasteiger partial charge in [0.2, 0.25) is 0 Å². The summed E-state index contributed by atoms with van der Waals surface area (Å²) < 4.78 is 10.8. The first-order valence-electron chi connectivity index (χ1n) is 7.61. The quantitative estimate of drug-likeness (QED) is 0.848. The van der Waals surface area contributed by atoms with Gasteiger partial charge in [0, 0.05) is 18.7 Å². The van der Waals surface area contributed by atoms with Crippen LogP contribution in [0.5, 0.6) is 5.75 Å². The first-order chi connectivity index (χ1) is 11.1. The molecule has 23 heavy (non-hydrogen) atoms.